The summed E-state index contributed by atoms with van der Waals surface area (Å²) in [6, 6.07) is 0. The molecule has 3 unspecified atom stereocenters. The Balaban J connectivity index is 2.26. The first-order chi connectivity index (χ1) is 9.10. The zero-order chi connectivity index (χ0) is 13.9. The van der Waals surface area contributed by atoms with Crippen molar-refractivity contribution in [2.24, 2.45) is 11.8 Å². The van der Waals surface area contributed by atoms with Gasteiger partial charge < -0.3 is 10.1 Å². The minimum atomic E-state index is 0.0507. The highest BCUT2D eigenvalue weighted by atomic mass is 32.1. The summed E-state index contributed by atoms with van der Waals surface area (Å²) < 4.78 is 5.20. The lowest BCUT2D eigenvalue weighted by atomic mass is 9.68. The molecule has 1 aromatic rings. The van der Waals surface area contributed by atoms with Crippen molar-refractivity contribution in [3.05, 3.63) is 16.1 Å². The molecule has 1 aromatic heterocycles. The number of hydrogen-bond acceptors (Lipinski definition) is 4. The average molecular weight is 282 g/mol. The van der Waals surface area contributed by atoms with Crippen molar-refractivity contribution in [3.8, 4) is 0 Å². The molecule has 0 radical (unpaired) electrons. The fourth-order valence-electron chi connectivity index (χ4n) is 3.23. The Morgan fingerprint density at radius 3 is 2.95 bits per heavy atom. The van der Waals surface area contributed by atoms with Gasteiger partial charge in [0.15, 0.2) is 0 Å². The summed E-state index contributed by atoms with van der Waals surface area (Å²) in [5.41, 5.74) is 1.19. The summed E-state index contributed by atoms with van der Waals surface area (Å²) in [6.45, 7) is 8.48. The molecule has 1 saturated carbocycles. The van der Waals surface area contributed by atoms with Crippen LogP contribution in [0.4, 0.5) is 0 Å². The maximum atomic E-state index is 5.20. The molecule has 1 aliphatic rings. The van der Waals surface area contributed by atoms with Gasteiger partial charge in [0.2, 0.25) is 0 Å². The fraction of sp³-hybridized carbons (Fsp3) is 0.800. The van der Waals surface area contributed by atoms with Crippen LogP contribution < -0.4 is 5.32 Å². The minimum Gasteiger partial charge on any atom is -0.383 e. The van der Waals surface area contributed by atoms with E-state index in [1.807, 2.05) is 0 Å². The Labute approximate surface area is 120 Å². The van der Waals surface area contributed by atoms with Crippen molar-refractivity contribution in [2.45, 2.75) is 45.6 Å². The van der Waals surface area contributed by atoms with Gasteiger partial charge in [0.25, 0.3) is 0 Å². The van der Waals surface area contributed by atoms with Gasteiger partial charge in [-0.2, -0.15) is 0 Å². The smallest absolute Gasteiger partial charge is 0.113 e. The van der Waals surface area contributed by atoms with Crippen molar-refractivity contribution in [3.63, 3.8) is 0 Å². The topological polar surface area (TPSA) is 34.1 Å². The Kier molecular flexibility index (Phi) is 4.98. The molecule has 1 N–H and O–H groups in total. The molecule has 4 heteroatoms. The van der Waals surface area contributed by atoms with E-state index >= 15 is 0 Å². The molecule has 0 saturated heterocycles. The van der Waals surface area contributed by atoms with Crippen LogP contribution in [0.1, 0.15) is 43.8 Å². The number of rotatable bonds is 5. The summed E-state index contributed by atoms with van der Waals surface area (Å²) in [6.07, 6.45) is 3.80. The van der Waals surface area contributed by atoms with Crippen LogP contribution >= 0.6 is 11.3 Å². The molecule has 3 atom stereocenters. The van der Waals surface area contributed by atoms with Crippen molar-refractivity contribution in [1.29, 1.82) is 0 Å². The van der Waals surface area contributed by atoms with Crippen LogP contribution in [-0.4, -0.2) is 25.2 Å². The SMILES string of the molecule is COCCNC1(c2nc(C)cs2)CCCC(C)C1C. The number of nitrogens with one attached hydrogen (secondary N) is 1. The molecule has 1 heterocycles. The lowest BCUT2D eigenvalue weighted by molar-refractivity contribution is 0.0906. The number of nitrogens with zero attached hydrogens (tertiary/aromatic N) is 1. The zero-order valence-corrected chi connectivity index (χ0v) is 13.3. The number of aryl methyl sites for hydroxylation is 1. The number of methoxy groups -OCH3 is 1. The average Bonchev–Trinajstić information content (AvgIpc) is 2.82. The molecule has 0 amide bonds. The van der Waals surface area contributed by atoms with Crippen molar-refractivity contribution in [1.82, 2.24) is 10.3 Å². The molecule has 19 heavy (non-hydrogen) atoms. The highest BCUT2D eigenvalue weighted by molar-refractivity contribution is 7.09. The van der Waals surface area contributed by atoms with E-state index < -0.39 is 0 Å². The summed E-state index contributed by atoms with van der Waals surface area (Å²) in [4.78, 5) is 4.79. The first kappa shape index (κ1) is 14.9. The third-order valence-corrected chi connectivity index (χ3v) is 5.75. The second-order valence-corrected chi connectivity index (χ2v) is 6.70. The molecule has 0 spiro atoms. The molecule has 1 fully saturated rings. The summed E-state index contributed by atoms with van der Waals surface area (Å²) in [5.74, 6) is 1.36. The van der Waals surface area contributed by atoms with Crippen LogP contribution in [0.3, 0.4) is 0 Å². The first-order valence-electron chi connectivity index (χ1n) is 7.26. The van der Waals surface area contributed by atoms with E-state index in [1.54, 1.807) is 18.4 Å². The zero-order valence-electron chi connectivity index (χ0n) is 12.5. The number of aromatic nitrogens is 1. The lowest BCUT2D eigenvalue weighted by Gasteiger charge is -2.45. The van der Waals surface area contributed by atoms with Gasteiger partial charge in [-0.3, -0.25) is 0 Å². The van der Waals surface area contributed by atoms with E-state index in [0.717, 1.165) is 24.8 Å². The third-order valence-electron chi connectivity index (χ3n) is 4.61. The van der Waals surface area contributed by atoms with Gasteiger partial charge >= 0.3 is 0 Å². The maximum Gasteiger partial charge on any atom is 0.113 e. The molecule has 3 nitrogen and oxygen atoms in total. The van der Waals surface area contributed by atoms with Gasteiger partial charge in [-0.1, -0.05) is 26.7 Å². The van der Waals surface area contributed by atoms with Crippen LogP contribution in [0.15, 0.2) is 5.38 Å². The van der Waals surface area contributed by atoms with E-state index in [2.05, 4.69) is 31.5 Å². The lowest BCUT2D eigenvalue weighted by Crippen LogP contribution is -2.52. The Bertz CT molecular complexity index is 407. The highest BCUT2D eigenvalue weighted by Gasteiger charge is 2.44. The van der Waals surface area contributed by atoms with Gasteiger partial charge in [0.1, 0.15) is 5.01 Å². The summed E-state index contributed by atoms with van der Waals surface area (Å²) in [5, 5.41) is 7.20. The van der Waals surface area contributed by atoms with E-state index in [1.165, 1.54) is 24.3 Å². The van der Waals surface area contributed by atoms with E-state index in [9.17, 15) is 0 Å². The molecule has 0 bridgehead atoms. The fourth-order valence-corrected chi connectivity index (χ4v) is 4.33. The van der Waals surface area contributed by atoms with E-state index in [-0.39, 0.29) is 5.54 Å². The Morgan fingerprint density at radius 1 is 1.53 bits per heavy atom. The van der Waals surface area contributed by atoms with Crippen LogP contribution in [0, 0.1) is 18.8 Å². The molecular weight excluding hydrogens is 256 g/mol. The first-order valence-corrected chi connectivity index (χ1v) is 8.14. The monoisotopic (exact) mass is 282 g/mol. The quantitative estimate of drug-likeness (QED) is 0.841. The van der Waals surface area contributed by atoms with Gasteiger partial charge in [-0.05, 0) is 25.2 Å². The molecule has 0 aromatic carbocycles. The van der Waals surface area contributed by atoms with Crippen LogP contribution in [0.2, 0.25) is 0 Å². The van der Waals surface area contributed by atoms with Crippen molar-refractivity contribution < 1.29 is 4.74 Å². The number of thiazole rings is 1. The maximum absolute atomic E-state index is 5.20. The number of ether oxygens (including phenoxy) is 1. The van der Waals surface area contributed by atoms with Gasteiger partial charge in [-0.15, -0.1) is 11.3 Å². The molecule has 2 rings (SSSR count). The Hall–Kier alpha value is -0.450. The van der Waals surface area contributed by atoms with Gasteiger partial charge in [-0.25, -0.2) is 4.98 Å². The predicted octanol–water partition coefficient (Wildman–Crippen LogP) is 3.34. The molecule has 1 aliphatic carbocycles. The summed E-state index contributed by atoms with van der Waals surface area (Å²) >= 11 is 1.80. The van der Waals surface area contributed by atoms with Gasteiger partial charge in [0, 0.05) is 24.7 Å². The van der Waals surface area contributed by atoms with Crippen molar-refractivity contribution in [2.75, 3.05) is 20.3 Å². The molecule has 108 valence electrons. The Morgan fingerprint density at radius 2 is 2.32 bits per heavy atom. The largest absolute Gasteiger partial charge is 0.383 e. The van der Waals surface area contributed by atoms with Crippen LogP contribution in [0.25, 0.3) is 0 Å². The van der Waals surface area contributed by atoms with Crippen molar-refractivity contribution >= 4 is 11.3 Å². The molecule has 0 aliphatic heterocycles. The van der Waals surface area contributed by atoms with Crippen LogP contribution in [-0.2, 0) is 10.3 Å². The second-order valence-electron chi connectivity index (χ2n) is 5.84. The highest BCUT2D eigenvalue weighted by Crippen LogP contribution is 2.45. The molecular formula is C15H26N2OS. The summed E-state index contributed by atoms with van der Waals surface area (Å²) in [7, 11) is 1.76. The van der Waals surface area contributed by atoms with Crippen LogP contribution in [0.5, 0.6) is 0 Å². The number of hydrogen-bond donors (Lipinski definition) is 1. The normalized spacial score (nSPS) is 31.6. The second kappa shape index (κ2) is 6.33. The third kappa shape index (κ3) is 3.01. The van der Waals surface area contributed by atoms with E-state index in [4.69, 9.17) is 9.72 Å². The minimum absolute atomic E-state index is 0.0507. The van der Waals surface area contributed by atoms with E-state index in [0.29, 0.717) is 5.92 Å². The predicted molar refractivity (Wildman–Crippen MR) is 80.6 cm³/mol. The van der Waals surface area contributed by atoms with Gasteiger partial charge in [0.05, 0.1) is 12.1 Å². The standard InChI is InChI=1S/C15H26N2OS/c1-11-6-5-7-15(13(11)3,16-8-9-18-4)14-17-12(2)10-19-14/h10-11,13,16H,5-9H2,1-4H3.